The highest BCUT2D eigenvalue weighted by Crippen LogP contribution is 2.21. The second kappa shape index (κ2) is 7.61. The molecular weight excluding hydrogens is 284 g/mol. The molecule has 0 fully saturated rings. The van der Waals surface area contributed by atoms with Crippen molar-refractivity contribution < 1.29 is 24.6 Å². The third-order valence-corrected chi connectivity index (χ3v) is 3.42. The summed E-state index contributed by atoms with van der Waals surface area (Å²) < 4.78 is 0. The summed E-state index contributed by atoms with van der Waals surface area (Å²) in [5.74, 6) is -2.11. The van der Waals surface area contributed by atoms with Crippen LogP contribution in [0.25, 0.3) is 0 Å². The highest BCUT2D eigenvalue weighted by molar-refractivity contribution is 7.10. The molecule has 1 aromatic heterocycles. The Bertz CT molecular complexity index is 474. The lowest BCUT2D eigenvalue weighted by atomic mass is 10.1. The number of carbonyl (C=O) groups excluding carboxylic acids is 2. The number of carbonyl (C=O) groups is 3. The number of amides is 2. The first-order chi connectivity index (χ1) is 9.40. The predicted octanol–water partition coefficient (Wildman–Crippen LogP) is -0.123. The van der Waals surface area contributed by atoms with E-state index in [1.54, 1.807) is 12.1 Å². The van der Waals surface area contributed by atoms with Gasteiger partial charge in [-0.3, -0.25) is 9.59 Å². The number of aliphatic hydroxyl groups is 1. The van der Waals surface area contributed by atoms with Crippen LogP contribution in [0.15, 0.2) is 17.5 Å². The van der Waals surface area contributed by atoms with Crippen molar-refractivity contribution in [2.75, 3.05) is 6.54 Å². The summed E-state index contributed by atoms with van der Waals surface area (Å²) >= 11 is 1.41. The van der Waals surface area contributed by atoms with Gasteiger partial charge in [0.05, 0.1) is 19.0 Å². The lowest BCUT2D eigenvalue weighted by Gasteiger charge is -2.16. The van der Waals surface area contributed by atoms with E-state index in [0.29, 0.717) is 0 Å². The smallest absolute Gasteiger partial charge is 0.334 e. The van der Waals surface area contributed by atoms with Gasteiger partial charge in [-0.05, 0) is 11.4 Å². The molecule has 0 spiro atoms. The number of nitrogens with one attached hydrogen (secondary N) is 2. The normalized spacial score (nSPS) is 13.3. The van der Waals surface area contributed by atoms with E-state index in [2.05, 4.69) is 10.6 Å². The molecule has 7 nitrogen and oxygen atoms in total. The molecule has 4 N–H and O–H groups in total. The van der Waals surface area contributed by atoms with Crippen LogP contribution in [0.2, 0.25) is 0 Å². The van der Waals surface area contributed by atoms with Crippen LogP contribution in [0, 0.1) is 0 Å². The number of aliphatic hydroxyl groups excluding tert-OH is 1. The molecule has 0 saturated carbocycles. The Labute approximate surface area is 119 Å². The van der Waals surface area contributed by atoms with Crippen LogP contribution in [0.1, 0.15) is 24.3 Å². The van der Waals surface area contributed by atoms with Crippen molar-refractivity contribution >= 4 is 29.1 Å². The molecule has 20 heavy (non-hydrogen) atoms. The molecule has 0 saturated heterocycles. The molecule has 0 bridgehead atoms. The maximum absolute atomic E-state index is 11.7. The Kier molecular flexibility index (Phi) is 6.13. The van der Waals surface area contributed by atoms with Gasteiger partial charge in [-0.1, -0.05) is 6.07 Å². The van der Waals surface area contributed by atoms with Crippen molar-refractivity contribution in [3.63, 3.8) is 0 Å². The zero-order valence-corrected chi connectivity index (χ0v) is 11.6. The minimum absolute atomic E-state index is 0.0214. The number of rotatable bonds is 7. The average Bonchev–Trinajstić information content (AvgIpc) is 2.88. The summed E-state index contributed by atoms with van der Waals surface area (Å²) in [6, 6.07) is 3.14. The van der Waals surface area contributed by atoms with E-state index in [9.17, 15) is 14.4 Å². The quantitative estimate of drug-likeness (QED) is 0.560. The first-order valence-electron chi connectivity index (χ1n) is 5.88. The van der Waals surface area contributed by atoms with Gasteiger partial charge in [-0.2, -0.15) is 0 Å². The minimum Gasteiger partial charge on any atom is -0.479 e. The van der Waals surface area contributed by atoms with Crippen LogP contribution in [-0.4, -0.2) is 40.6 Å². The number of hydrogen-bond acceptors (Lipinski definition) is 5. The highest BCUT2D eigenvalue weighted by atomic mass is 32.1. The Morgan fingerprint density at radius 2 is 2.10 bits per heavy atom. The number of aliphatic carboxylic acids is 1. The Morgan fingerprint density at radius 3 is 2.60 bits per heavy atom. The Hall–Kier alpha value is -1.93. The monoisotopic (exact) mass is 300 g/mol. The molecule has 110 valence electrons. The van der Waals surface area contributed by atoms with E-state index in [-0.39, 0.29) is 18.9 Å². The standard InChI is InChI=1S/C12H16N2O5S/c1-7(15)14-8(10-3-2-4-20-10)5-11(17)13-6-9(16)12(18)19/h2-4,8-9,16H,5-6H2,1H3,(H,13,17)(H,14,15)(H,18,19)/t8?,9-/m0/s1. The molecule has 0 aliphatic carbocycles. The van der Waals surface area contributed by atoms with Gasteiger partial charge in [0.25, 0.3) is 0 Å². The van der Waals surface area contributed by atoms with Crippen LogP contribution in [-0.2, 0) is 14.4 Å². The molecule has 1 unspecified atom stereocenters. The summed E-state index contributed by atoms with van der Waals surface area (Å²) in [6.07, 6.45) is -1.66. The second-order valence-corrected chi connectivity index (χ2v) is 5.11. The summed E-state index contributed by atoms with van der Waals surface area (Å²) in [5.41, 5.74) is 0. The third kappa shape index (κ3) is 5.37. The topological polar surface area (TPSA) is 116 Å². The molecule has 2 amide bonds. The van der Waals surface area contributed by atoms with Gasteiger partial charge in [0.2, 0.25) is 11.8 Å². The van der Waals surface area contributed by atoms with Crippen molar-refractivity contribution in [1.82, 2.24) is 10.6 Å². The molecule has 0 aliphatic rings. The molecule has 0 radical (unpaired) electrons. The first-order valence-corrected chi connectivity index (χ1v) is 6.76. The van der Waals surface area contributed by atoms with Gasteiger partial charge < -0.3 is 20.8 Å². The molecule has 1 heterocycles. The zero-order chi connectivity index (χ0) is 15.1. The van der Waals surface area contributed by atoms with E-state index in [0.717, 1.165) is 4.88 Å². The second-order valence-electron chi connectivity index (χ2n) is 4.13. The Morgan fingerprint density at radius 1 is 1.40 bits per heavy atom. The minimum atomic E-state index is -1.64. The van der Waals surface area contributed by atoms with E-state index in [1.165, 1.54) is 18.3 Å². The molecular formula is C12H16N2O5S. The van der Waals surface area contributed by atoms with Crippen LogP contribution >= 0.6 is 11.3 Å². The third-order valence-electron chi connectivity index (χ3n) is 2.43. The number of carboxylic acid groups (broad SMARTS) is 1. The van der Waals surface area contributed by atoms with Gasteiger partial charge in [-0.25, -0.2) is 4.79 Å². The first kappa shape index (κ1) is 16.1. The lowest BCUT2D eigenvalue weighted by molar-refractivity contribution is -0.146. The summed E-state index contributed by atoms with van der Waals surface area (Å²) in [7, 11) is 0. The van der Waals surface area contributed by atoms with Crippen molar-refractivity contribution in [2.24, 2.45) is 0 Å². The van der Waals surface area contributed by atoms with Crippen LogP contribution in [0.4, 0.5) is 0 Å². The maximum Gasteiger partial charge on any atom is 0.334 e. The fraction of sp³-hybridized carbons (Fsp3) is 0.417. The summed E-state index contributed by atoms with van der Waals surface area (Å²) in [5, 5.41) is 24.3. The van der Waals surface area contributed by atoms with Crippen molar-refractivity contribution in [2.45, 2.75) is 25.5 Å². The fourth-order valence-electron chi connectivity index (χ4n) is 1.51. The van der Waals surface area contributed by atoms with Crippen LogP contribution < -0.4 is 10.6 Å². The number of carboxylic acids is 1. The van der Waals surface area contributed by atoms with Crippen LogP contribution in [0.3, 0.4) is 0 Å². The largest absolute Gasteiger partial charge is 0.479 e. The van der Waals surface area contributed by atoms with Crippen LogP contribution in [0.5, 0.6) is 0 Å². The SMILES string of the molecule is CC(=O)NC(CC(=O)NC[C@H](O)C(=O)O)c1cccs1. The van der Waals surface area contributed by atoms with Gasteiger partial charge in [0.1, 0.15) is 0 Å². The zero-order valence-electron chi connectivity index (χ0n) is 10.8. The van der Waals surface area contributed by atoms with Gasteiger partial charge in [0, 0.05) is 11.8 Å². The lowest BCUT2D eigenvalue weighted by Crippen LogP contribution is -2.38. The fourth-order valence-corrected chi connectivity index (χ4v) is 2.29. The average molecular weight is 300 g/mol. The summed E-state index contributed by atoms with van der Waals surface area (Å²) in [4.78, 5) is 34.1. The predicted molar refractivity (Wildman–Crippen MR) is 72.1 cm³/mol. The molecule has 0 aliphatic heterocycles. The van der Waals surface area contributed by atoms with Gasteiger partial charge >= 0.3 is 5.97 Å². The maximum atomic E-state index is 11.7. The van der Waals surface area contributed by atoms with E-state index < -0.39 is 24.0 Å². The molecule has 8 heteroatoms. The number of hydrogen-bond donors (Lipinski definition) is 4. The Balaban J connectivity index is 2.55. The molecule has 0 aromatic carbocycles. The van der Waals surface area contributed by atoms with Gasteiger partial charge in [0.15, 0.2) is 6.10 Å². The molecule has 2 atom stereocenters. The molecule has 1 rings (SSSR count). The van der Waals surface area contributed by atoms with Crippen molar-refractivity contribution in [3.8, 4) is 0 Å². The summed E-state index contributed by atoms with van der Waals surface area (Å²) in [6.45, 7) is 0.984. The van der Waals surface area contributed by atoms with E-state index >= 15 is 0 Å². The van der Waals surface area contributed by atoms with Crippen molar-refractivity contribution in [3.05, 3.63) is 22.4 Å². The van der Waals surface area contributed by atoms with E-state index in [4.69, 9.17) is 10.2 Å². The van der Waals surface area contributed by atoms with Gasteiger partial charge in [-0.15, -0.1) is 11.3 Å². The van der Waals surface area contributed by atoms with Crippen molar-refractivity contribution in [1.29, 1.82) is 0 Å². The van der Waals surface area contributed by atoms with E-state index in [1.807, 2.05) is 5.38 Å². The highest BCUT2D eigenvalue weighted by Gasteiger charge is 2.19. The number of thiophene rings is 1. The molecule has 1 aromatic rings.